The molecular formula is C15H18N2O. The molecule has 1 fully saturated rings. The van der Waals surface area contributed by atoms with Gasteiger partial charge >= 0.3 is 0 Å². The van der Waals surface area contributed by atoms with E-state index < -0.39 is 0 Å². The van der Waals surface area contributed by atoms with Crippen LogP contribution in [-0.4, -0.2) is 17.1 Å². The predicted molar refractivity (Wildman–Crippen MR) is 72.6 cm³/mol. The van der Waals surface area contributed by atoms with Crippen LogP contribution in [0.25, 0.3) is 10.9 Å². The van der Waals surface area contributed by atoms with Gasteiger partial charge in [0.25, 0.3) is 0 Å². The first-order valence-corrected chi connectivity index (χ1v) is 6.59. The van der Waals surface area contributed by atoms with E-state index in [1.807, 2.05) is 24.3 Å². The van der Waals surface area contributed by atoms with Crippen LogP contribution in [0.1, 0.15) is 25.7 Å². The van der Waals surface area contributed by atoms with Crippen molar-refractivity contribution in [1.82, 2.24) is 4.98 Å². The Balaban J connectivity index is 1.78. The lowest BCUT2D eigenvalue weighted by Gasteiger charge is -2.26. The van der Waals surface area contributed by atoms with Crippen molar-refractivity contribution in [2.75, 3.05) is 0 Å². The molecule has 2 unspecified atom stereocenters. The number of ether oxygens (including phenoxy) is 1. The fourth-order valence-corrected chi connectivity index (χ4v) is 2.57. The topological polar surface area (TPSA) is 48.1 Å². The Labute approximate surface area is 107 Å². The minimum Gasteiger partial charge on any atom is -0.474 e. The molecule has 0 saturated heterocycles. The number of fused-ring (bicyclic) bond motifs is 1. The second-order valence-corrected chi connectivity index (χ2v) is 5.01. The molecule has 3 heteroatoms. The molecule has 2 N–H and O–H groups in total. The van der Waals surface area contributed by atoms with Gasteiger partial charge in [-0.15, -0.1) is 0 Å². The first-order chi connectivity index (χ1) is 8.81. The van der Waals surface area contributed by atoms with Crippen LogP contribution in [0.15, 0.2) is 36.4 Å². The molecule has 1 aromatic heterocycles. The highest BCUT2D eigenvalue weighted by atomic mass is 16.5. The molecule has 2 atom stereocenters. The summed E-state index contributed by atoms with van der Waals surface area (Å²) in [5, 5.41) is 1.14. The summed E-state index contributed by atoms with van der Waals surface area (Å²) in [6.45, 7) is 0. The maximum absolute atomic E-state index is 5.97. The number of para-hydroxylation sites is 1. The number of benzene rings is 1. The van der Waals surface area contributed by atoms with Crippen LogP contribution in [0.5, 0.6) is 5.88 Å². The molecule has 1 heterocycles. The lowest BCUT2D eigenvalue weighted by atomic mass is 9.94. The van der Waals surface area contributed by atoms with Crippen LogP contribution < -0.4 is 10.5 Å². The number of hydrogen-bond donors (Lipinski definition) is 1. The van der Waals surface area contributed by atoms with Gasteiger partial charge in [0.05, 0.1) is 5.52 Å². The monoisotopic (exact) mass is 242 g/mol. The van der Waals surface area contributed by atoms with Crippen molar-refractivity contribution in [3.05, 3.63) is 36.4 Å². The summed E-state index contributed by atoms with van der Waals surface area (Å²) in [6, 6.07) is 12.4. The van der Waals surface area contributed by atoms with Crippen molar-refractivity contribution in [1.29, 1.82) is 0 Å². The van der Waals surface area contributed by atoms with Gasteiger partial charge < -0.3 is 10.5 Å². The molecule has 94 valence electrons. The maximum atomic E-state index is 5.97. The summed E-state index contributed by atoms with van der Waals surface area (Å²) in [4.78, 5) is 4.53. The van der Waals surface area contributed by atoms with Crippen LogP contribution in [0.3, 0.4) is 0 Å². The first kappa shape index (κ1) is 11.5. The zero-order valence-electron chi connectivity index (χ0n) is 10.4. The van der Waals surface area contributed by atoms with Crippen molar-refractivity contribution >= 4 is 10.9 Å². The lowest BCUT2D eigenvalue weighted by Crippen LogP contribution is -2.33. The van der Waals surface area contributed by atoms with E-state index in [1.165, 1.54) is 0 Å². The third-order valence-electron chi connectivity index (χ3n) is 3.53. The Bertz CT molecular complexity index is 541. The molecule has 3 rings (SSSR count). The summed E-state index contributed by atoms with van der Waals surface area (Å²) in [5.74, 6) is 0.716. The molecule has 1 saturated carbocycles. The molecule has 0 aliphatic heterocycles. The molecule has 3 nitrogen and oxygen atoms in total. The zero-order chi connectivity index (χ0) is 12.4. The average Bonchev–Trinajstić information content (AvgIpc) is 2.39. The van der Waals surface area contributed by atoms with Crippen molar-refractivity contribution in [3.63, 3.8) is 0 Å². The van der Waals surface area contributed by atoms with E-state index >= 15 is 0 Å². The first-order valence-electron chi connectivity index (χ1n) is 6.59. The molecule has 1 aliphatic carbocycles. The molecular weight excluding hydrogens is 224 g/mol. The van der Waals surface area contributed by atoms with E-state index in [-0.39, 0.29) is 12.1 Å². The fourth-order valence-electron chi connectivity index (χ4n) is 2.57. The Morgan fingerprint density at radius 2 is 2.00 bits per heavy atom. The highest BCUT2D eigenvalue weighted by molar-refractivity contribution is 5.78. The summed E-state index contributed by atoms with van der Waals surface area (Å²) >= 11 is 0. The normalized spacial score (nSPS) is 24.1. The van der Waals surface area contributed by atoms with Crippen LogP contribution in [0, 0.1) is 0 Å². The standard InChI is InChI=1S/C15H18N2O/c16-12-5-3-6-13(10-12)18-15-9-8-11-4-1-2-7-14(11)17-15/h1-2,4,7-9,12-13H,3,5-6,10,16H2. The fraction of sp³-hybridized carbons (Fsp3) is 0.400. The largest absolute Gasteiger partial charge is 0.474 e. The van der Waals surface area contributed by atoms with Gasteiger partial charge in [-0.3, -0.25) is 0 Å². The molecule has 0 radical (unpaired) electrons. The molecule has 18 heavy (non-hydrogen) atoms. The van der Waals surface area contributed by atoms with Gasteiger partial charge in [-0.05, 0) is 37.8 Å². The molecule has 2 aromatic rings. The highest BCUT2D eigenvalue weighted by Crippen LogP contribution is 2.23. The smallest absolute Gasteiger partial charge is 0.214 e. The zero-order valence-corrected chi connectivity index (χ0v) is 10.4. The lowest BCUT2D eigenvalue weighted by molar-refractivity contribution is 0.139. The molecule has 1 aromatic carbocycles. The minimum atomic E-state index is 0.224. The maximum Gasteiger partial charge on any atom is 0.214 e. The Morgan fingerprint density at radius 3 is 2.89 bits per heavy atom. The third-order valence-corrected chi connectivity index (χ3v) is 3.53. The number of nitrogens with zero attached hydrogens (tertiary/aromatic N) is 1. The van der Waals surface area contributed by atoms with E-state index in [4.69, 9.17) is 10.5 Å². The van der Waals surface area contributed by atoms with Gasteiger partial charge in [-0.2, -0.15) is 0 Å². The Hall–Kier alpha value is -1.61. The van der Waals surface area contributed by atoms with Gasteiger partial charge in [0, 0.05) is 17.5 Å². The Morgan fingerprint density at radius 1 is 1.11 bits per heavy atom. The minimum absolute atomic E-state index is 0.224. The number of aromatic nitrogens is 1. The van der Waals surface area contributed by atoms with E-state index in [9.17, 15) is 0 Å². The van der Waals surface area contributed by atoms with Crippen molar-refractivity contribution in [2.45, 2.75) is 37.8 Å². The van der Waals surface area contributed by atoms with Crippen LogP contribution in [-0.2, 0) is 0 Å². The third kappa shape index (κ3) is 2.46. The molecule has 0 bridgehead atoms. The number of pyridine rings is 1. The van der Waals surface area contributed by atoms with Gasteiger partial charge in [0.15, 0.2) is 0 Å². The van der Waals surface area contributed by atoms with Crippen molar-refractivity contribution in [2.24, 2.45) is 5.73 Å². The summed E-state index contributed by atoms with van der Waals surface area (Å²) in [5.41, 5.74) is 6.95. The number of rotatable bonds is 2. The van der Waals surface area contributed by atoms with Gasteiger partial charge in [-0.1, -0.05) is 18.2 Å². The molecule has 0 spiro atoms. The van der Waals surface area contributed by atoms with Gasteiger partial charge in [0.2, 0.25) is 5.88 Å². The second-order valence-electron chi connectivity index (χ2n) is 5.01. The second kappa shape index (κ2) is 4.94. The summed E-state index contributed by atoms with van der Waals surface area (Å²) in [6.07, 6.45) is 4.52. The highest BCUT2D eigenvalue weighted by Gasteiger charge is 2.20. The van der Waals surface area contributed by atoms with Crippen LogP contribution in [0.4, 0.5) is 0 Å². The average molecular weight is 242 g/mol. The van der Waals surface area contributed by atoms with Gasteiger partial charge in [-0.25, -0.2) is 4.98 Å². The quantitative estimate of drug-likeness (QED) is 0.880. The van der Waals surface area contributed by atoms with Gasteiger partial charge in [0.1, 0.15) is 6.10 Å². The predicted octanol–water partition coefficient (Wildman–Crippen LogP) is 2.88. The van der Waals surface area contributed by atoms with E-state index in [1.54, 1.807) is 0 Å². The SMILES string of the molecule is NC1CCCC(Oc2ccc3ccccc3n2)C1. The summed E-state index contributed by atoms with van der Waals surface area (Å²) < 4.78 is 5.94. The van der Waals surface area contributed by atoms with E-state index in [0.717, 1.165) is 36.6 Å². The molecule has 1 aliphatic rings. The van der Waals surface area contributed by atoms with E-state index in [2.05, 4.69) is 17.1 Å². The van der Waals surface area contributed by atoms with Crippen molar-refractivity contribution < 1.29 is 4.74 Å². The van der Waals surface area contributed by atoms with E-state index in [0.29, 0.717) is 5.88 Å². The Kier molecular flexibility index (Phi) is 3.15. The van der Waals surface area contributed by atoms with Crippen LogP contribution in [0.2, 0.25) is 0 Å². The summed E-state index contributed by atoms with van der Waals surface area (Å²) in [7, 11) is 0. The number of nitrogens with two attached hydrogens (primary N) is 1. The molecule has 0 amide bonds. The van der Waals surface area contributed by atoms with Crippen molar-refractivity contribution in [3.8, 4) is 5.88 Å². The number of hydrogen-bond acceptors (Lipinski definition) is 3. The van der Waals surface area contributed by atoms with Crippen LogP contribution >= 0.6 is 0 Å².